The fourth-order valence-electron chi connectivity index (χ4n) is 4.37. The van der Waals surface area contributed by atoms with Gasteiger partial charge in [-0.2, -0.15) is 0 Å². The molecule has 1 aliphatic heterocycles. The largest absolute Gasteiger partial charge is 0.468 e. The number of hydrogen-bond acceptors (Lipinski definition) is 6. The quantitative estimate of drug-likeness (QED) is 0.376. The van der Waals surface area contributed by atoms with Gasteiger partial charge in [-0.3, -0.25) is 14.4 Å². The zero-order chi connectivity index (χ0) is 23.4. The van der Waals surface area contributed by atoms with Crippen LogP contribution in [0, 0.1) is 5.41 Å². The Morgan fingerprint density at radius 1 is 0.848 bits per heavy atom. The Labute approximate surface area is 197 Å². The molecule has 0 spiro atoms. The summed E-state index contributed by atoms with van der Waals surface area (Å²) in [6.45, 7) is 0. The van der Waals surface area contributed by atoms with E-state index in [1.807, 2.05) is 72.8 Å². The zero-order valence-corrected chi connectivity index (χ0v) is 19.1. The molecule has 33 heavy (non-hydrogen) atoms. The topological polar surface area (TPSA) is 65.1 Å². The van der Waals surface area contributed by atoms with Crippen LogP contribution in [0.1, 0.15) is 29.7 Å². The number of nitrogens with zero attached hydrogens (tertiary/aromatic N) is 1. The van der Waals surface area contributed by atoms with E-state index in [2.05, 4.69) is 0 Å². The highest BCUT2D eigenvalue weighted by molar-refractivity contribution is 6.30. The van der Waals surface area contributed by atoms with Gasteiger partial charge in [-0.15, -0.1) is 0 Å². The summed E-state index contributed by atoms with van der Waals surface area (Å²) < 4.78 is 10.4. The summed E-state index contributed by atoms with van der Waals surface area (Å²) >= 11 is 6.08. The van der Waals surface area contributed by atoms with Crippen LogP contribution in [0.15, 0.2) is 84.9 Å². The van der Waals surface area contributed by atoms with Crippen molar-refractivity contribution in [2.45, 2.75) is 18.6 Å². The number of anilines is 1. The highest BCUT2D eigenvalue weighted by Crippen LogP contribution is 2.53. The first kappa shape index (κ1) is 22.8. The lowest BCUT2D eigenvalue weighted by Crippen LogP contribution is -2.56. The van der Waals surface area contributed by atoms with Crippen LogP contribution < -0.4 is 5.06 Å². The van der Waals surface area contributed by atoms with Crippen molar-refractivity contribution in [3.05, 3.63) is 101 Å². The SMILES string of the molecule is COC(=O)C1(C(=O)OC)CC(c2ccc(Cl)cc2)ON(c2ccccc2)C1c1ccccc1. The Bertz CT molecular complexity index is 1090. The van der Waals surface area contributed by atoms with Gasteiger partial charge in [-0.1, -0.05) is 72.3 Å². The summed E-state index contributed by atoms with van der Waals surface area (Å²) in [6.07, 6.45) is -0.614. The molecule has 4 rings (SSSR count). The molecular formula is C26H24ClNO5. The smallest absolute Gasteiger partial charge is 0.325 e. The van der Waals surface area contributed by atoms with Crippen LogP contribution in [0.4, 0.5) is 5.69 Å². The molecule has 0 N–H and O–H groups in total. The summed E-state index contributed by atoms with van der Waals surface area (Å²) in [4.78, 5) is 33.4. The normalized spacial score (nSPS) is 19.5. The van der Waals surface area contributed by atoms with Crippen molar-refractivity contribution in [3.63, 3.8) is 0 Å². The average Bonchev–Trinajstić information content (AvgIpc) is 2.88. The molecule has 2 atom stereocenters. The number of hydrogen-bond donors (Lipinski definition) is 0. The lowest BCUT2D eigenvalue weighted by molar-refractivity contribution is -0.186. The summed E-state index contributed by atoms with van der Waals surface area (Å²) in [5.74, 6) is -1.38. The van der Waals surface area contributed by atoms with Gasteiger partial charge in [0.25, 0.3) is 0 Å². The van der Waals surface area contributed by atoms with Gasteiger partial charge in [-0.25, -0.2) is 5.06 Å². The number of rotatable bonds is 5. The average molecular weight is 466 g/mol. The molecule has 6 nitrogen and oxygen atoms in total. The maximum absolute atomic E-state index is 13.5. The van der Waals surface area contributed by atoms with Crippen molar-refractivity contribution >= 4 is 29.2 Å². The molecule has 1 saturated heterocycles. The standard InChI is InChI=1S/C26H24ClNO5/c1-31-24(29)26(25(30)32-2)17-22(18-13-15-20(27)16-14-18)33-28(21-11-7-4-8-12-21)23(26)19-9-5-3-6-10-19/h3-16,22-23H,17H2,1-2H3. The van der Waals surface area contributed by atoms with Crippen LogP contribution >= 0.6 is 11.6 Å². The first-order valence-electron chi connectivity index (χ1n) is 10.5. The Morgan fingerprint density at radius 2 is 1.39 bits per heavy atom. The van der Waals surface area contributed by atoms with E-state index < -0.39 is 29.5 Å². The maximum Gasteiger partial charge on any atom is 0.325 e. The Balaban J connectivity index is 1.96. The fourth-order valence-corrected chi connectivity index (χ4v) is 4.50. The second-order valence-electron chi connectivity index (χ2n) is 7.78. The molecule has 170 valence electrons. The van der Waals surface area contributed by atoms with E-state index in [-0.39, 0.29) is 6.42 Å². The Hall–Kier alpha value is -3.35. The molecule has 0 amide bonds. The van der Waals surface area contributed by atoms with E-state index in [1.54, 1.807) is 17.2 Å². The number of esters is 2. The van der Waals surface area contributed by atoms with Crippen molar-refractivity contribution in [1.29, 1.82) is 0 Å². The molecule has 0 aliphatic carbocycles. The van der Waals surface area contributed by atoms with E-state index >= 15 is 0 Å². The van der Waals surface area contributed by atoms with Gasteiger partial charge in [0.15, 0.2) is 5.41 Å². The minimum absolute atomic E-state index is 0.0247. The monoisotopic (exact) mass is 465 g/mol. The molecule has 0 bridgehead atoms. The number of para-hydroxylation sites is 1. The Morgan fingerprint density at radius 3 is 1.94 bits per heavy atom. The Kier molecular flexibility index (Phi) is 6.67. The molecule has 3 aromatic carbocycles. The molecule has 3 aromatic rings. The predicted molar refractivity (Wildman–Crippen MR) is 124 cm³/mol. The van der Waals surface area contributed by atoms with Crippen LogP contribution in [-0.4, -0.2) is 26.2 Å². The highest BCUT2D eigenvalue weighted by Gasteiger charge is 2.62. The number of hydroxylamine groups is 1. The second-order valence-corrected chi connectivity index (χ2v) is 8.22. The van der Waals surface area contributed by atoms with Crippen molar-refractivity contribution in [3.8, 4) is 0 Å². The molecule has 1 fully saturated rings. The minimum Gasteiger partial charge on any atom is -0.468 e. The number of ether oxygens (including phenoxy) is 2. The second kappa shape index (κ2) is 9.65. The van der Waals surface area contributed by atoms with Gasteiger partial charge >= 0.3 is 11.9 Å². The maximum atomic E-state index is 13.5. The first-order chi connectivity index (χ1) is 16.0. The first-order valence-corrected chi connectivity index (χ1v) is 10.9. The van der Waals surface area contributed by atoms with Crippen LogP contribution in [0.25, 0.3) is 0 Å². The van der Waals surface area contributed by atoms with E-state index in [0.29, 0.717) is 16.3 Å². The zero-order valence-electron chi connectivity index (χ0n) is 18.3. The minimum atomic E-state index is -1.69. The number of carbonyl (C=O) groups is 2. The van der Waals surface area contributed by atoms with Gasteiger partial charge in [-0.05, 0) is 35.4 Å². The predicted octanol–water partition coefficient (Wildman–Crippen LogP) is 5.30. The summed E-state index contributed by atoms with van der Waals surface area (Å²) in [5.41, 5.74) is 0.474. The molecule has 0 aromatic heterocycles. The molecular weight excluding hydrogens is 442 g/mol. The lowest BCUT2D eigenvalue weighted by atomic mass is 9.70. The van der Waals surface area contributed by atoms with E-state index in [1.165, 1.54) is 14.2 Å². The number of benzene rings is 3. The van der Waals surface area contributed by atoms with E-state index in [0.717, 1.165) is 5.56 Å². The third-order valence-corrected chi connectivity index (χ3v) is 6.17. The van der Waals surface area contributed by atoms with Gasteiger partial charge in [0.2, 0.25) is 0 Å². The number of methoxy groups -OCH3 is 2. The van der Waals surface area contributed by atoms with Crippen LogP contribution in [0.5, 0.6) is 0 Å². The van der Waals surface area contributed by atoms with Crippen molar-refractivity contribution < 1.29 is 23.9 Å². The third-order valence-electron chi connectivity index (χ3n) is 5.92. The molecule has 1 aliphatic rings. The third kappa shape index (κ3) is 4.19. The van der Waals surface area contributed by atoms with Crippen molar-refractivity contribution in [2.75, 3.05) is 19.3 Å². The van der Waals surface area contributed by atoms with E-state index in [4.69, 9.17) is 25.9 Å². The van der Waals surface area contributed by atoms with Crippen molar-refractivity contribution in [2.24, 2.45) is 5.41 Å². The highest BCUT2D eigenvalue weighted by atomic mass is 35.5. The summed E-state index contributed by atoms with van der Waals surface area (Å²) in [5, 5.41) is 2.19. The van der Waals surface area contributed by atoms with Gasteiger partial charge in [0.05, 0.1) is 19.9 Å². The molecule has 0 saturated carbocycles. The van der Waals surface area contributed by atoms with Crippen LogP contribution in [-0.2, 0) is 23.9 Å². The summed E-state index contributed by atoms with van der Waals surface area (Å²) in [6, 6.07) is 24.9. The molecule has 1 heterocycles. The molecule has 2 unspecified atom stereocenters. The number of halogens is 1. The van der Waals surface area contributed by atoms with Gasteiger partial charge in [0.1, 0.15) is 12.1 Å². The fraction of sp³-hybridized carbons (Fsp3) is 0.231. The van der Waals surface area contributed by atoms with Crippen LogP contribution in [0.3, 0.4) is 0 Å². The van der Waals surface area contributed by atoms with Gasteiger partial charge < -0.3 is 9.47 Å². The molecule has 0 radical (unpaired) electrons. The van der Waals surface area contributed by atoms with Gasteiger partial charge in [0, 0.05) is 11.4 Å². The number of carbonyl (C=O) groups excluding carboxylic acids is 2. The van der Waals surface area contributed by atoms with Crippen molar-refractivity contribution in [1.82, 2.24) is 0 Å². The summed E-state index contributed by atoms with van der Waals surface area (Å²) in [7, 11) is 2.55. The van der Waals surface area contributed by atoms with E-state index in [9.17, 15) is 9.59 Å². The van der Waals surface area contributed by atoms with Crippen LogP contribution in [0.2, 0.25) is 5.02 Å². The molecule has 7 heteroatoms. The lowest BCUT2D eigenvalue weighted by Gasteiger charge is -2.49.